The van der Waals surface area contributed by atoms with Crippen molar-refractivity contribution in [1.29, 1.82) is 0 Å². The average Bonchev–Trinajstić information content (AvgIpc) is 3.43. The summed E-state index contributed by atoms with van der Waals surface area (Å²) in [5.74, 6) is 0.503. The van der Waals surface area contributed by atoms with Gasteiger partial charge in [-0.15, -0.1) is 0 Å². The van der Waals surface area contributed by atoms with Gasteiger partial charge in [-0.3, -0.25) is 19.3 Å². The molecule has 0 spiro atoms. The van der Waals surface area contributed by atoms with Crippen molar-refractivity contribution < 1.29 is 14.4 Å². The van der Waals surface area contributed by atoms with Crippen LogP contribution in [0.15, 0.2) is 42.5 Å². The van der Waals surface area contributed by atoms with Crippen LogP contribution in [0.3, 0.4) is 0 Å². The number of hydrogen-bond donors (Lipinski definition) is 1. The van der Waals surface area contributed by atoms with E-state index in [9.17, 15) is 14.4 Å². The van der Waals surface area contributed by atoms with Crippen LogP contribution in [0.4, 0.5) is 0 Å². The first-order valence-electron chi connectivity index (χ1n) is 9.44. The molecule has 1 heterocycles. The number of amides is 3. The summed E-state index contributed by atoms with van der Waals surface area (Å²) in [7, 11) is 0. The second kappa shape index (κ2) is 5.53. The van der Waals surface area contributed by atoms with Crippen LogP contribution in [0.5, 0.6) is 0 Å². The van der Waals surface area contributed by atoms with Crippen LogP contribution >= 0.6 is 0 Å². The van der Waals surface area contributed by atoms with E-state index in [1.165, 1.54) is 4.90 Å². The lowest BCUT2D eigenvalue weighted by atomic mass is 9.63. The summed E-state index contributed by atoms with van der Waals surface area (Å²) in [6.45, 7) is 1.73. The van der Waals surface area contributed by atoms with E-state index in [4.69, 9.17) is 0 Å². The second-order valence-electron chi connectivity index (χ2n) is 8.12. The summed E-state index contributed by atoms with van der Waals surface area (Å²) in [5.41, 5.74) is 0.996. The summed E-state index contributed by atoms with van der Waals surface area (Å²) >= 11 is 0. The molecule has 2 bridgehead atoms. The summed E-state index contributed by atoms with van der Waals surface area (Å²) in [5, 5.41) is 2.90. The van der Waals surface area contributed by atoms with Crippen molar-refractivity contribution in [2.24, 2.45) is 35.5 Å². The van der Waals surface area contributed by atoms with Crippen LogP contribution in [-0.2, 0) is 14.4 Å². The van der Waals surface area contributed by atoms with Crippen LogP contribution in [0.2, 0.25) is 0 Å². The molecule has 1 aromatic rings. The highest BCUT2D eigenvalue weighted by molar-refractivity contribution is 6.08. The first-order chi connectivity index (χ1) is 12.6. The largest absolute Gasteiger partial charge is 0.348 e. The van der Waals surface area contributed by atoms with Gasteiger partial charge in [-0.2, -0.15) is 0 Å². The molecule has 0 radical (unpaired) electrons. The third kappa shape index (κ3) is 2.19. The number of carbonyl (C=O) groups is 3. The van der Waals surface area contributed by atoms with Gasteiger partial charge in [-0.1, -0.05) is 42.5 Å². The van der Waals surface area contributed by atoms with Gasteiger partial charge in [-0.05, 0) is 42.6 Å². The van der Waals surface area contributed by atoms with Gasteiger partial charge in [0.05, 0.1) is 17.9 Å². The minimum atomic E-state index is -0.285. The Hall–Kier alpha value is -2.43. The van der Waals surface area contributed by atoms with Crippen LogP contribution in [0.25, 0.3) is 0 Å². The molecule has 3 amide bonds. The van der Waals surface area contributed by atoms with Crippen LogP contribution < -0.4 is 5.32 Å². The maximum atomic E-state index is 12.9. The quantitative estimate of drug-likeness (QED) is 0.666. The van der Waals surface area contributed by atoms with E-state index in [0.29, 0.717) is 11.8 Å². The molecule has 1 saturated heterocycles. The third-order valence-corrected chi connectivity index (χ3v) is 6.73. The standard InChI is InChI=1S/C21H22N2O3/c1-11(12-5-3-2-4-6-12)22-17(24)10-23-20(25)18-13-7-8-14(16-9-15(13)16)19(18)21(23)26/h2-8,11,13-16,18-19H,9-10H2,1H3,(H,22,24)/t11-,13-,14-,15-,16-,18+,19+/m0/s1. The Morgan fingerprint density at radius 2 is 1.65 bits per heavy atom. The molecule has 26 heavy (non-hydrogen) atoms. The molecule has 1 aromatic carbocycles. The van der Waals surface area contributed by atoms with Crippen LogP contribution in [0.1, 0.15) is 24.9 Å². The number of imide groups is 1. The fourth-order valence-corrected chi connectivity index (χ4v) is 5.43. The Morgan fingerprint density at radius 1 is 1.08 bits per heavy atom. The van der Waals surface area contributed by atoms with E-state index in [-0.39, 0.29) is 54.0 Å². The highest BCUT2D eigenvalue weighted by atomic mass is 16.2. The minimum absolute atomic E-state index is 0.146. The van der Waals surface area contributed by atoms with Gasteiger partial charge in [0.25, 0.3) is 0 Å². The Balaban J connectivity index is 1.29. The van der Waals surface area contributed by atoms with Gasteiger partial charge >= 0.3 is 0 Å². The predicted molar refractivity (Wildman–Crippen MR) is 94.4 cm³/mol. The molecule has 7 atom stereocenters. The fourth-order valence-electron chi connectivity index (χ4n) is 5.43. The monoisotopic (exact) mass is 350 g/mol. The first kappa shape index (κ1) is 15.8. The molecule has 4 aliphatic carbocycles. The molecular formula is C21H22N2O3. The highest BCUT2D eigenvalue weighted by Crippen LogP contribution is 2.65. The molecule has 2 saturated carbocycles. The van der Waals surface area contributed by atoms with Gasteiger partial charge in [0.2, 0.25) is 17.7 Å². The molecule has 1 N–H and O–H groups in total. The molecule has 0 aromatic heterocycles. The van der Waals surface area contributed by atoms with Gasteiger partial charge in [0.15, 0.2) is 0 Å². The first-order valence-corrected chi connectivity index (χ1v) is 9.44. The van der Waals surface area contributed by atoms with E-state index >= 15 is 0 Å². The topological polar surface area (TPSA) is 66.5 Å². The van der Waals surface area contributed by atoms with Crippen molar-refractivity contribution in [3.63, 3.8) is 0 Å². The third-order valence-electron chi connectivity index (χ3n) is 6.73. The average molecular weight is 350 g/mol. The fraction of sp³-hybridized carbons (Fsp3) is 0.476. The number of nitrogens with zero attached hydrogens (tertiary/aromatic N) is 1. The lowest BCUT2D eigenvalue weighted by molar-refractivity contribution is -0.144. The Kier molecular flexibility index (Phi) is 3.36. The van der Waals surface area contributed by atoms with Crippen molar-refractivity contribution >= 4 is 17.7 Å². The number of rotatable bonds is 4. The molecule has 5 nitrogen and oxygen atoms in total. The van der Waals surface area contributed by atoms with Crippen molar-refractivity contribution in [2.45, 2.75) is 19.4 Å². The molecule has 0 unspecified atom stereocenters. The maximum absolute atomic E-state index is 12.9. The van der Waals surface area contributed by atoms with E-state index in [0.717, 1.165) is 12.0 Å². The maximum Gasteiger partial charge on any atom is 0.240 e. The molecule has 3 fully saturated rings. The van der Waals surface area contributed by atoms with Crippen LogP contribution in [0, 0.1) is 35.5 Å². The van der Waals surface area contributed by atoms with Gasteiger partial charge in [0.1, 0.15) is 6.54 Å². The van der Waals surface area contributed by atoms with E-state index in [2.05, 4.69) is 17.5 Å². The Bertz CT molecular complexity index is 782. The van der Waals surface area contributed by atoms with Crippen molar-refractivity contribution in [3.05, 3.63) is 48.0 Å². The molecule has 5 heteroatoms. The zero-order valence-corrected chi connectivity index (χ0v) is 14.7. The molecule has 5 aliphatic rings. The van der Waals surface area contributed by atoms with Crippen LogP contribution in [-0.4, -0.2) is 29.2 Å². The van der Waals surface area contributed by atoms with Crippen molar-refractivity contribution in [2.75, 3.05) is 6.54 Å². The summed E-state index contributed by atoms with van der Waals surface area (Å²) in [6.07, 6.45) is 5.43. The number of hydrogen-bond acceptors (Lipinski definition) is 3. The normalized spacial score (nSPS) is 37.3. The summed E-state index contributed by atoms with van der Waals surface area (Å²) in [6, 6.07) is 9.50. The van der Waals surface area contributed by atoms with E-state index in [1.807, 2.05) is 37.3 Å². The highest BCUT2D eigenvalue weighted by Gasteiger charge is 2.67. The number of nitrogens with one attached hydrogen (secondary N) is 1. The molecule has 134 valence electrons. The smallest absolute Gasteiger partial charge is 0.240 e. The minimum Gasteiger partial charge on any atom is -0.348 e. The summed E-state index contributed by atoms with van der Waals surface area (Å²) < 4.78 is 0. The second-order valence-corrected chi connectivity index (χ2v) is 8.12. The number of allylic oxidation sites excluding steroid dienone is 2. The number of benzene rings is 1. The van der Waals surface area contributed by atoms with Crippen molar-refractivity contribution in [3.8, 4) is 0 Å². The zero-order valence-electron chi connectivity index (χ0n) is 14.7. The van der Waals surface area contributed by atoms with Crippen molar-refractivity contribution in [1.82, 2.24) is 10.2 Å². The van der Waals surface area contributed by atoms with E-state index < -0.39 is 0 Å². The molecular weight excluding hydrogens is 328 g/mol. The molecule has 1 aliphatic heterocycles. The van der Waals surface area contributed by atoms with E-state index in [1.54, 1.807) is 0 Å². The zero-order chi connectivity index (χ0) is 18.0. The van der Waals surface area contributed by atoms with Gasteiger partial charge in [0, 0.05) is 0 Å². The van der Waals surface area contributed by atoms with Gasteiger partial charge in [-0.25, -0.2) is 0 Å². The molecule has 6 rings (SSSR count). The number of likely N-dealkylation sites (tertiary alicyclic amines) is 1. The summed E-state index contributed by atoms with van der Waals surface area (Å²) in [4.78, 5) is 39.4. The predicted octanol–water partition coefficient (Wildman–Crippen LogP) is 1.92. The van der Waals surface area contributed by atoms with Gasteiger partial charge < -0.3 is 5.32 Å². The Labute approximate surface area is 152 Å². The SMILES string of the molecule is C[C@H](NC(=O)CN1C(=O)[C@@H]2[C@H]3C=C[C@@H]([C@@H]4C[C@@H]34)[C@H]2C1=O)c1ccccc1. The number of carbonyl (C=O) groups excluding carboxylic acids is 3. The lowest BCUT2D eigenvalue weighted by Crippen LogP contribution is -2.42. The Morgan fingerprint density at radius 3 is 2.23 bits per heavy atom. The lowest BCUT2D eigenvalue weighted by Gasteiger charge is -2.37.